The Morgan fingerprint density at radius 2 is 1.76 bits per heavy atom. The Morgan fingerprint density at radius 3 is 2.54 bits per heavy atom. The van der Waals surface area contributed by atoms with Crippen molar-refractivity contribution in [3.05, 3.63) is 114 Å². The molecule has 0 aliphatic heterocycles. The molecule has 1 aliphatic rings. The van der Waals surface area contributed by atoms with Gasteiger partial charge in [0.05, 0.1) is 12.8 Å². The molecular formula is C39H38N4O2Pt. The van der Waals surface area contributed by atoms with E-state index in [2.05, 4.69) is 90.5 Å². The van der Waals surface area contributed by atoms with Gasteiger partial charge in [0.1, 0.15) is 11.6 Å². The molecule has 1 unspecified atom stereocenters. The maximum atomic E-state index is 6.45. The van der Waals surface area contributed by atoms with Crippen LogP contribution >= 0.6 is 0 Å². The number of aromatic nitrogens is 4. The van der Waals surface area contributed by atoms with Crippen molar-refractivity contribution in [2.24, 2.45) is 5.92 Å². The second-order valence-corrected chi connectivity index (χ2v) is 11.9. The van der Waals surface area contributed by atoms with Gasteiger partial charge in [-0.2, -0.15) is 17.2 Å². The average Bonchev–Trinajstić information content (AvgIpc) is 3.60. The van der Waals surface area contributed by atoms with E-state index in [1.54, 1.807) is 13.3 Å². The number of nitrogens with zero attached hydrogens (tertiary/aromatic N) is 4. The van der Waals surface area contributed by atoms with E-state index in [4.69, 9.17) is 14.6 Å². The van der Waals surface area contributed by atoms with Crippen LogP contribution in [0.3, 0.4) is 0 Å². The monoisotopic (exact) mass is 789 g/mol. The first-order valence-electron chi connectivity index (χ1n) is 15.9. The van der Waals surface area contributed by atoms with Crippen molar-refractivity contribution in [2.75, 3.05) is 7.11 Å². The Balaban J connectivity index is 0.00000372. The Morgan fingerprint density at radius 1 is 0.935 bits per heavy atom. The minimum atomic E-state index is 0. The topological polar surface area (TPSA) is 54.1 Å². The van der Waals surface area contributed by atoms with Gasteiger partial charge in [0.15, 0.2) is 0 Å². The van der Waals surface area contributed by atoms with Crippen molar-refractivity contribution in [1.82, 2.24) is 19.3 Å². The molecule has 2 atom stereocenters. The van der Waals surface area contributed by atoms with Crippen LogP contribution in [-0.2, 0) is 33.9 Å². The van der Waals surface area contributed by atoms with E-state index in [0.29, 0.717) is 23.3 Å². The zero-order valence-corrected chi connectivity index (χ0v) is 29.2. The number of pyridine rings is 1. The summed E-state index contributed by atoms with van der Waals surface area (Å²) in [5.74, 6) is 3.72. The van der Waals surface area contributed by atoms with Gasteiger partial charge in [-0.15, -0.1) is 35.7 Å². The normalized spacial score (nSPS) is 16.3. The van der Waals surface area contributed by atoms with E-state index >= 15 is 0 Å². The summed E-state index contributed by atoms with van der Waals surface area (Å²) in [4.78, 5) is 4.67. The first-order valence-corrected chi connectivity index (χ1v) is 15.9. The van der Waals surface area contributed by atoms with E-state index in [1.165, 1.54) is 28.9 Å². The molecule has 0 radical (unpaired) electrons. The van der Waals surface area contributed by atoms with Crippen LogP contribution in [0.1, 0.15) is 63.4 Å². The minimum absolute atomic E-state index is 0. The van der Waals surface area contributed by atoms with Crippen LogP contribution in [-0.4, -0.2) is 26.4 Å². The molecule has 0 N–H and O–H groups in total. The predicted molar refractivity (Wildman–Crippen MR) is 180 cm³/mol. The zero-order valence-electron chi connectivity index (χ0n) is 26.9. The second kappa shape index (κ2) is 13.3. The molecule has 1 aliphatic carbocycles. The standard InChI is InChI=1S/C39H38N4O2.Pt/c1-6-33-39(38-25(3)12-10-13-26(38)4)34(7-2)43(41-33)27-14-11-15-29(22-27)45-30-18-19-32-31-16-8-9-17-35(31)42(36(32)23-30)37-24-28(44-5)20-21-40-37;/h8-9,11-12,14-21,24,26,38H,6-7,10,13H2,1-5H3;/q-2;+2/t26-,38?;/m0./s1. The average molecular weight is 790 g/mol. The van der Waals surface area contributed by atoms with Crippen LogP contribution in [0.4, 0.5) is 0 Å². The third-order valence-corrected chi connectivity index (χ3v) is 9.17. The summed E-state index contributed by atoms with van der Waals surface area (Å²) in [6.45, 7) is 9.10. The van der Waals surface area contributed by atoms with Gasteiger partial charge < -0.3 is 14.0 Å². The van der Waals surface area contributed by atoms with Crippen molar-refractivity contribution in [2.45, 2.75) is 59.3 Å². The minimum Gasteiger partial charge on any atom is -0.509 e. The molecule has 0 fully saturated rings. The van der Waals surface area contributed by atoms with E-state index in [0.717, 1.165) is 58.3 Å². The van der Waals surface area contributed by atoms with Crippen LogP contribution in [0.15, 0.2) is 84.6 Å². The van der Waals surface area contributed by atoms with Crippen LogP contribution in [0.2, 0.25) is 0 Å². The summed E-state index contributed by atoms with van der Waals surface area (Å²) < 4.78 is 16.1. The Kier molecular flexibility index (Phi) is 9.20. The third-order valence-electron chi connectivity index (χ3n) is 9.17. The number of hydrogen-bond acceptors (Lipinski definition) is 4. The number of rotatable bonds is 8. The van der Waals surface area contributed by atoms with Gasteiger partial charge in [-0.05, 0) is 61.7 Å². The number of benzene rings is 3. The number of aryl methyl sites for hydroxylation is 1. The third kappa shape index (κ3) is 5.58. The Bertz CT molecular complexity index is 2060. The smallest absolute Gasteiger partial charge is 0.509 e. The summed E-state index contributed by atoms with van der Waals surface area (Å²) in [5.41, 5.74) is 8.11. The quantitative estimate of drug-likeness (QED) is 0.114. The van der Waals surface area contributed by atoms with Gasteiger partial charge in [0.2, 0.25) is 0 Å². The number of ether oxygens (including phenoxy) is 2. The molecule has 0 bridgehead atoms. The fourth-order valence-electron chi connectivity index (χ4n) is 7.06. The Labute approximate surface area is 285 Å². The number of para-hydroxylation sites is 1. The second-order valence-electron chi connectivity index (χ2n) is 11.9. The fourth-order valence-corrected chi connectivity index (χ4v) is 7.06. The molecule has 0 saturated carbocycles. The van der Waals surface area contributed by atoms with Crippen molar-refractivity contribution in [3.8, 4) is 28.8 Å². The summed E-state index contributed by atoms with van der Waals surface area (Å²) in [7, 11) is 1.67. The predicted octanol–water partition coefficient (Wildman–Crippen LogP) is 9.35. The maximum Gasteiger partial charge on any atom is 2.00 e. The largest absolute Gasteiger partial charge is 2.00 e. The van der Waals surface area contributed by atoms with Gasteiger partial charge in [0.25, 0.3) is 0 Å². The van der Waals surface area contributed by atoms with Crippen molar-refractivity contribution in [3.63, 3.8) is 0 Å². The van der Waals surface area contributed by atoms with E-state index in [-0.39, 0.29) is 21.1 Å². The Hall–Kier alpha value is -4.15. The molecule has 46 heavy (non-hydrogen) atoms. The molecule has 3 aromatic carbocycles. The van der Waals surface area contributed by atoms with E-state index < -0.39 is 0 Å². The number of hydrogen-bond donors (Lipinski definition) is 0. The summed E-state index contributed by atoms with van der Waals surface area (Å²) in [5, 5.41) is 7.36. The molecular weight excluding hydrogens is 752 g/mol. The first kappa shape index (κ1) is 31.8. The molecule has 7 rings (SSSR count). The number of methoxy groups -OCH3 is 1. The van der Waals surface area contributed by atoms with Crippen LogP contribution in [0, 0.1) is 18.1 Å². The maximum absolute atomic E-state index is 6.45. The molecule has 0 amide bonds. The molecule has 3 heterocycles. The van der Waals surface area contributed by atoms with Crippen LogP contribution in [0.25, 0.3) is 33.3 Å². The van der Waals surface area contributed by atoms with E-state index in [1.807, 2.05) is 36.4 Å². The number of allylic oxidation sites excluding steroid dienone is 2. The summed E-state index contributed by atoms with van der Waals surface area (Å²) in [6, 6.07) is 29.2. The first-order chi connectivity index (χ1) is 22.0. The van der Waals surface area contributed by atoms with E-state index in [9.17, 15) is 0 Å². The summed E-state index contributed by atoms with van der Waals surface area (Å²) >= 11 is 0. The van der Waals surface area contributed by atoms with Crippen molar-refractivity contribution in [1.29, 1.82) is 0 Å². The van der Waals surface area contributed by atoms with Crippen molar-refractivity contribution >= 4 is 21.8 Å². The van der Waals surface area contributed by atoms with Gasteiger partial charge in [0, 0.05) is 46.5 Å². The van der Waals surface area contributed by atoms with Gasteiger partial charge in [-0.3, -0.25) is 4.68 Å². The zero-order chi connectivity index (χ0) is 31.1. The molecule has 236 valence electrons. The van der Waals surface area contributed by atoms with Crippen LogP contribution < -0.4 is 9.47 Å². The molecule has 3 aromatic heterocycles. The van der Waals surface area contributed by atoms with Gasteiger partial charge in [-0.25, -0.2) is 4.98 Å². The van der Waals surface area contributed by atoms with Gasteiger partial charge >= 0.3 is 21.1 Å². The van der Waals surface area contributed by atoms with Crippen molar-refractivity contribution < 1.29 is 30.5 Å². The summed E-state index contributed by atoms with van der Waals surface area (Å²) in [6.07, 6.45) is 8.34. The van der Waals surface area contributed by atoms with Crippen LogP contribution in [0.5, 0.6) is 17.2 Å². The SMILES string of the molecule is CCc1nn(-c2[c-]c(Oc3[c-]c4c(cc3)c3ccccc3n4-c3cc(OC)ccn3)ccc2)c(CC)c1C1C(C)=CCC[C@@H]1C.[Pt+2]. The fraction of sp³-hybridized carbons (Fsp3) is 0.282. The molecule has 6 aromatic rings. The molecule has 0 saturated heterocycles. The molecule has 0 spiro atoms. The number of fused-ring (bicyclic) bond motifs is 3. The molecule has 7 heteroatoms. The van der Waals surface area contributed by atoms with Gasteiger partial charge in [-0.1, -0.05) is 56.1 Å². The molecule has 6 nitrogen and oxygen atoms in total.